The summed E-state index contributed by atoms with van der Waals surface area (Å²) in [5, 5.41) is -0.449. The van der Waals surface area contributed by atoms with Crippen molar-refractivity contribution in [2.45, 2.75) is 56.8 Å². The molecule has 0 aliphatic rings. The minimum atomic E-state index is -3.51. The molecule has 0 fully saturated rings. The fourth-order valence-electron chi connectivity index (χ4n) is 2.47. The van der Waals surface area contributed by atoms with E-state index in [4.69, 9.17) is 0 Å². The number of nitrogens with one attached hydrogen (secondary N) is 1. The van der Waals surface area contributed by atoms with E-state index in [0.29, 0.717) is 16.8 Å². The van der Waals surface area contributed by atoms with E-state index >= 15 is 0 Å². The SMILES string of the molecule is CC(C)S(=O)(=O)Cc1ccc(C(=O)Cc2ccc(NS(=O)(=O)C(C)(C)C)cc2)cc1. The molecule has 0 heterocycles. The van der Waals surface area contributed by atoms with Crippen molar-refractivity contribution in [1.82, 2.24) is 0 Å². The number of hydrogen-bond donors (Lipinski definition) is 1. The van der Waals surface area contributed by atoms with Crippen molar-refractivity contribution in [3.05, 3.63) is 65.2 Å². The summed E-state index contributed by atoms with van der Waals surface area (Å²) < 4.78 is 50.1. The first kappa shape index (κ1) is 24.1. The molecule has 2 aromatic carbocycles. The van der Waals surface area contributed by atoms with Crippen LogP contribution < -0.4 is 4.72 Å². The summed E-state index contributed by atoms with van der Waals surface area (Å²) in [4.78, 5) is 12.5. The lowest BCUT2D eigenvalue weighted by atomic mass is 10.0. The van der Waals surface area contributed by atoms with Gasteiger partial charge in [-0.3, -0.25) is 9.52 Å². The summed E-state index contributed by atoms with van der Waals surface area (Å²) in [5.74, 6) is -0.151. The Morgan fingerprint density at radius 1 is 0.867 bits per heavy atom. The summed E-state index contributed by atoms with van der Waals surface area (Å²) in [6, 6.07) is 13.3. The van der Waals surface area contributed by atoms with Gasteiger partial charge in [0.05, 0.1) is 15.7 Å². The van der Waals surface area contributed by atoms with E-state index in [9.17, 15) is 21.6 Å². The maximum Gasteiger partial charge on any atom is 0.237 e. The normalized spacial score (nSPS) is 12.7. The molecule has 6 nitrogen and oxygen atoms in total. The van der Waals surface area contributed by atoms with Gasteiger partial charge >= 0.3 is 0 Å². The molecule has 30 heavy (non-hydrogen) atoms. The number of sulfone groups is 1. The van der Waals surface area contributed by atoms with Crippen molar-refractivity contribution in [2.75, 3.05) is 4.72 Å². The van der Waals surface area contributed by atoms with Gasteiger partial charge < -0.3 is 0 Å². The van der Waals surface area contributed by atoms with E-state index in [1.54, 1.807) is 83.1 Å². The highest BCUT2D eigenvalue weighted by Gasteiger charge is 2.28. The van der Waals surface area contributed by atoms with E-state index < -0.39 is 29.9 Å². The number of Topliss-reactive ketones (excluding diaryl/α,β-unsaturated/α-hetero) is 1. The number of rotatable bonds is 8. The third-order valence-corrected chi connectivity index (χ3v) is 9.03. The Kier molecular flexibility index (Phi) is 7.14. The number of carbonyl (C=O) groups excluding carboxylic acids is 1. The maximum absolute atomic E-state index is 12.5. The average Bonchev–Trinajstić information content (AvgIpc) is 2.62. The van der Waals surface area contributed by atoms with Crippen LogP contribution in [0.2, 0.25) is 0 Å². The Morgan fingerprint density at radius 3 is 1.83 bits per heavy atom. The molecule has 164 valence electrons. The van der Waals surface area contributed by atoms with Crippen molar-refractivity contribution in [1.29, 1.82) is 0 Å². The highest BCUT2D eigenvalue weighted by Crippen LogP contribution is 2.20. The Hall–Kier alpha value is -2.19. The van der Waals surface area contributed by atoms with Gasteiger partial charge in [-0.15, -0.1) is 0 Å². The Balaban J connectivity index is 2.04. The van der Waals surface area contributed by atoms with Gasteiger partial charge in [-0.1, -0.05) is 36.4 Å². The lowest BCUT2D eigenvalue weighted by Gasteiger charge is -2.20. The van der Waals surface area contributed by atoms with Crippen LogP contribution in [0.1, 0.15) is 56.1 Å². The van der Waals surface area contributed by atoms with Gasteiger partial charge in [0.25, 0.3) is 0 Å². The zero-order valence-corrected chi connectivity index (χ0v) is 19.6. The maximum atomic E-state index is 12.5. The smallest absolute Gasteiger partial charge is 0.237 e. The van der Waals surface area contributed by atoms with Crippen LogP contribution in [0.15, 0.2) is 48.5 Å². The van der Waals surface area contributed by atoms with E-state index in [-0.39, 0.29) is 18.0 Å². The van der Waals surface area contributed by atoms with E-state index in [2.05, 4.69) is 4.72 Å². The third kappa shape index (κ3) is 6.15. The molecule has 0 radical (unpaired) electrons. The van der Waals surface area contributed by atoms with E-state index in [1.165, 1.54) is 0 Å². The number of ketones is 1. The Labute approximate surface area is 179 Å². The summed E-state index contributed by atoms with van der Waals surface area (Å²) in [5.41, 5.74) is 2.34. The molecule has 2 aromatic rings. The number of sulfonamides is 1. The van der Waals surface area contributed by atoms with Crippen LogP contribution in [0.5, 0.6) is 0 Å². The molecule has 8 heteroatoms. The van der Waals surface area contributed by atoms with Crippen molar-refractivity contribution in [2.24, 2.45) is 0 Å². The van der Waals surface area contributed by atoms with Gasteiger partial charge in [-0.05, 0) is 57.9 Å². The molecule has 0 saturated heterocycles. The zero-order valence-electron chi connectivity index (χ0n) is 18.0. The highest BCUT2D eigenvalue weighted by molar-refractivity contribution is 7.94. The lowest BCUT2D eigenvalue weighted by molar-refractivity contribution is 0.0993. The molecule has 0 spiro atoms. The van der Waals surface area contributed by atoms with Crippen molar-refractivity contribution in [3.8, 4) is 0 Å². The van der Waals surface area contributed by atoms with Crippen molar-refractivity contribution < 1.29 is 21.6 Å². The predicted octanol–water partition coefficient (Wildman–Crippen LogP) is 3.98. The van der Waals surface area contributed by atoms with Gasteiger partial charge in [-0.2, -0.15) is 0 Å². The van der Waals surface area contributed by atoms with Crippen LogP contribution >= 0.6 is 0 Å². The largest absolute Gasteiger partial charge is 0.294 e. The average molecular weight is 452 g/mol. The molecule has 0 saturated carbocycles. The number of hydrogen-bond acceptors (Lipinski definition) is 5. The standard InChI is InChI=1S/C22H29NO5S2/c1-16(2)29(25,26)15-18-6-10-19(11-7-18)21(24)14-17-8-12-20(13-9-17)23-30(27,28)22(3,4)5/h6-13,16,23H,14-15H2,1-5H3. The van der Waals surface area contributed by atoms with Gasteiger partial charge in [-0.25, -0.2) is 16.8 Å². The predicted molar refractivity (Wildman–Crippen MR) is 121 cm³/mol. The fourth-order valence-corrected chi connectivity index (χ4v) is 4.22. The second-order valence-electron chi connectivity index (χ2n) is 8.57. The Morgan fingerprint density at radius 2 is 1.37 bits per heavy atom. The van der Waals surface area contributed by atoms with Crippen LogP contribution in [-0.4, -0.2) is 32.6 Å². The number of carbonyl (C=O) groups is 1. The van der Waals surface area contributed by atoms with Crippen LogP contribution in [0.4, 0.5) is 5.69 Å². The quantitative estimate of drug-likeness (QED) is 0.612. The van der Waals surface area contributed by atoms with Crippen LogP contribution in [0.25, 0.3) is 0 Å². The second-order valence-corrected chi connectivity index (χ2v) is 13.6. The topological polar surface area (TPSA) is 97.4 Å². The minimum absolute atomic E-state index is 0.0505. The van der Waals surface area contributed by atoms with Crippen LogP contribution in [0, 0.1) is 0 Å². The monoisotopic (exact) mass is 451 g/mol. The third-order valence-electron chi connectivity index (χ3n) is 4.74. The summed E-state index contributed by atoms with van der Waals surface area (Å²) >= 11 is 0. The molecule has 0 bridgehead atoms. The van der Waals surface area contributed by atoms with Crippen LogP contribution in [0.3, 0.4) is 0 Å². The first-order chi connectivity index (χ1) is 13.7. The summed E-state index contributed by atoms with van der Waals surface area (Å²) in [6.45, 7) is 8.14. The molecule has 2 rings (SSSR count). The van der Waals surface area contributed by atoms with E-state index in [1.807, 2.05) is 0 Å². The van der Waals surface area contributed by atoms with Gasteiger partial charge in [0, 0.05) is 17.7 Å². The molecular weight excluding hydrogens is 422 g/mol. The van der Waals surface area contributed by atoms with E-state index in [0.717, 1.165) is 5.56 Å². The number of benzene rings is 2. The minimum Gasteiger partial charge on any atom is -0.294 e. The van der Waals surface area contributed by atoms with Gasteiger partial charge in [0.15, 0.2) is 15.6 Å². The van der Waals surface area contributed by atoms with Crippen LogP contribution in [-0.2, 0) is 32.0 Å². The highest BCUT2D eigenvalue weighted by atomic mass is 32.2. The van der Waals surface area contributed by atoms with Crippen molar-refractivity contribution in [3.63, 3.8) is 0 Å². The lowest BCUT2D eigenvalue weighted by Crippen LogP contribution is -2.33. The van der Waals surface area contributed by atoms with Crippen molar-refractivity contribution >= 4 is 31.3 Å². The molecule has 1 N–H and O–H groups in total. The molecule has 0 unspecified atom stereocenters. The number of anilines is 1. The van der Waals surface area contributed by atoms with Gasteiger partial charge in [0.2, 0.25) is 10.0 Å². The zero-order chi connectivity index (χ0) is 22.7. The molecule has 0 amide bonds. The molecule has 0 aromatic heterocycles. The molecule has 0 aliphatic carbocycles. The first-order valence-electron chi connectivity index (χ1n) is 9.66. The Bertz CT molecular complexity index is 1090. The molecular formula is C22H29NO5S2. The fraction of sp³-hybridized carbons (Fsp3) is 0.409. The second kappa shape index (κ2) is 8.89. The summed E-state index contributed by atoms with van der Waals surface area (Å²) in [6.07, 6.45) is 0.163. The van der Waals surface area contributed by atoms with Gasteiger partial charge in [0.1, 0.15) is 0 Å². The molecule has 0 aliphatic heterocycles. The summed E-state index contributed by atoms with van der Waals surface area (Å²) in [7, 11) is -6.71. The first-order valence-corrected chi connectivity index (χ1v) is 12.9. The molecule has 0 atom stereocenters.